The molecular formula is C36H33ClF6O. The largest absolute Gasteiger partial charge is 0.429 e. The van der Waals surface area contributed by atoms with Crippen LogP contribution in [-0.4, -0.2) is 0 Å². The van der Waals surface area contributed by atoms with Crippen LogP contribution in [0, 0.1) is 29.2 Å². The molecule has 1 saturated carbocycles. The minimum absolute atomic E-state index is 0.00440. The molecule has 0 bridgehead atoms. The second-order valence-corrected chi connectivity index (χ2v) is 11.9. The van der Waals surface area contributed by atoms with Gasteiger partial charge in [0.25, 0.3) is 0 Å². The molecule has 0 atom stereocenters. The second kappa shape index (κ2) is 13.7. The summed E-state index contributed by atoms with van der Waals surface area (Å²) in [6.07, 6.45) is 5.23. The molecule has 0 amide bonds. The first-order valence-electron chi connectivity index (χ1n) is 15.0. The molecule has 1 fully saturated rings. The van der Waals surface area contributed by atoms with Crippen LogP contribution < -0.4 is 4.74 Å². The van der Waals surface area contributed by atoms with Gasteiger partial charge in [0.2, 0.25) is 0 Å². The molecule has 4 aromatic carbocycles. The van der Waals surface area contributed by atoms with Crippen LogP contribution in [0.2, 0.25) is 5.02 Å². The van der Waals surface area contributed by atoms with Crippen molar-refractivity contribution in [3.05, 3.63) is 112 Å². The number of alkyl halides is 2. The summed E-state index contributed by atoms with van der Waals surface area (Å²) in [6, 6.07) is 14.5. The Morgan fingerprint density at radius 3 is 1.95 bits per heavy atom. The topological polar surface area (TPSA) is 9.23 Å². The highest BCUT2D eigenvalue weighted by Gasteiger charge is 2.38. The normalized spacial score (nSPS) is 17.1. The fourth-order valence-electron chi connectivity index (χ4n) is 6.07. The summed E-state index contributed by atoms with van der Waals surface area (Å²) < 4.78 is 93.0. The van der Waals surface area contributed by atoms with Gasteiger partial charge in [-0.25, -0.2) is 17.6 Å². The van der Waals surface area contributed by atoms with Gasteiger partial charge >= 0.3 is 6.11 Å². The maximum atomic E-state index is 15.3. The lowest BCUT2D eigenvalue weighted by Gasteiger charge is -2.29. The molecule has 0 aliphatic heterocycles. The van der Waals surface area contributed by atoms with Crippen LogP contribution in [0.5, 0.6) is 5.75 Å². The monoisotopic (exact) mass is 630 g/mol. The van der Waals surface area contributed by atoms with Crippen molar-refractivity contribution in [1.82, 2.24) is 0 Å². The Bertz CT molecular complexity index is 1610. The van der Waals surface area contributed by atoms with Crippen molar-refractivity contribution in [2.45, 2.75) is 70.3 Å². The highest BCUT2D eigenvalue weighted by molar-refractivity contribution is 6.30. The Balaban J connectivity index is 1.29. The van der Waals surface area contributed by atoms with E-state index in [-0.39, 0.29) is 21.7 Å². The molecule has 5 rings (SSSR count). The first kappa shape index (κ1) is 32.0. The number of halogens is 7. The van der Waals surface area contributed by atoms with Crippen molar-refractivity contribution < 1.29 is 31.1 Å². The Morgan fingerprint density at radius 1 is 0.705 bits per heavy atom. The average molecular weight is 631 g/mol. The van der Waals surface area contributed by atoms with Gasteiger partial charge in [-0.1, -0.05) is 74.5 Å². The lowest BCUT2D eigenvalue weighted by atomic mass is 9.77. The summed E-state index contributed by atoms with van der Waals surface area (Å²) in [6.45, 7) is 2.21. The van der Waals surface area contributed by atoms with E-state index in [1.165, 1.54) is 43.9 Å². The van der Waals surface area contributed by atoms with Gasteiger partial charge in [0.1, 0.15) is 29.0 Å². The zero-order valence-electron chi connectivity index (χ0n) is 24.3. The maximum absolute atomic E-state index is 15.3. The van der Waals surface area contributed by atoms with Crippen LogP contribution in [-0.2, 0) is 6.11 Å². The van der Waals surface area contributed by atoms with Crippen molar-refractivity contribution in [1.29, 1.82) is 0 Å². The summed E-state index contributed by atoms with van der Waals surface area (Å²) in [7, 11) is 0. The van der Waals surface area contributed by atoms with E-state index in [9.17, 15) is 17.6 Å². The Morgan fingerprint density at radius 2 is 1.34 bits per heavy atom. The third-order valence-corrected chi connectivity index (χ3v) is 8.84. The number of benzene rings is 4. The predicted octanol–water partition coefficient (Wildman–Crippen LogP) is 12.2. The van der Waals surface area contributed by atoms with E-state index in [0.717, 1.165) is 73.6 Å². The van der Waals surface area contributed by atoms with Gasteiger partial charge in [0, 0.05) is 17.2 Å². The fourth-order valence-corrected chi connectivity index (χ4v) is 6.18. The third kappa shape index (κ3) is 7.26. The number of unbranched alkanes of at least 4 members (excludes halogenated alkanes) is 2. The summed E-state index contributed by atoms with van der Waals surface area (Å²) in [4.78, 5) is 0. The summed E-state index contributed by atoms with van der Waals surface area (Å²) >= 11 is 5.56. The van der Waals surface area contributed by atoms with E-state index < -0.39 is 40.7 Å². The Labute approximate surface area is 258 Å². The molecule has 44 heavy (non-hydrogen) atoms. The van der Waals surface area contributed by atoms with Crippen molar-refractivity contribution >= 4 is 11.6 Å². The Hall–Kier alpha value is -3.45. The minimum atomic E-state index is -4.15. The van der Waals surface area contributed by atoms with Crippen molar-refractivity contribution in [3.63, 3.8) is 0 Å². The molecular weight excluding hydrogens is 598 g/mol. The van der Waals surface area contributed by atoms with Crippen LogP contribution in [0.4, 0.5) is 26.3 Å². The van der Waals surface area contributed by atoms with Crippen molar-refractivity contribution in [3.8, 4) is 28.0 Å². The molecule has 232 valence electrons. The van der Waals surface area contributed by atoms with Crippen LogP contribution in [0.15, 0.2) is 72.8 Å². The van der Waals surface area contributed by atoms with Gasteiger partial charge in [-0.15, -0.1) is 0 Å². The highest BCUT2D eigenvalue weighted by Crippen LogP contribution is 2.40. The Kier molecular flexibility index (Phi) is 9.94. The zero-order valence-corrected chi connectivity index (χ0v) is 25.0. The number of hydrogen-bond donors (Lipinski definition) is 0. The van der Waals surface area contributed by atoms with E-state index in [1.807, 2.05) is 6.07 Å². The van der Waals surface area contributed by atoms with E-state index in [1.54, 1.807) is 6.07 Å². The van der Waals surface area contributed by atoms with Gasteiger partial charge in [-0.2, -0.15) is 8.78 Å². The molecule has 0 saturated heterocycles. The average Bonchev–Trinajstić information content (AvgIpc) is 2.99. The zero-order chi connectivity index (χ0) is 31.4. The molecule has 8 heteroatoms. The van der Waals surface area contributed by atoms with Crippen molar-refractivity contribution in [2.75, 3.05) is 0 Å². The number of ether oxygens (including phenoxy) is 1. The van der Waals surface area contributed by atoms with Gasteiger partial charge in [0.15, 0.2) is 0 Å². The molecule has 0 aromatic heterocycles. The first-order valence-corrected chi connectivity index (χ1v) is 15.3. The van der Waals surface area contributed by atoms with Gasteiger partial charge < -0.3 is 4.74 Å². The summed E-state index contributed by atoms with van der Waals surface area (Å²) in [5.74, 6) is -3.02. The quantitative estimate of drug-likeness (QED) is 0.125. The summed E-state index contributed by atoms with van der Waals surface area (Å²) in [5.41, 5.74) is 0.348. The molecule has 0 unspecified atom stereocenters. The lowest BCUT2D eigenvalue weighted by molar-refractivity contribution is -0.187. The van der Waals surface area contributed by atoms with E-state index in [2.05, 4.69) is 11.7 Å². The third-order valence-electron chi connectivity index (χ3n) is 8.54. The standard InChI is InChI=1S/C36H33ClF6O/c1-2-3-4-5-22-6-8-23(9-7-22)24-10-14-28(32(38)18-24)25-11-15-29(33(39)19-25)26-12-16-30(34(40)20-26)36(42,43)44-27-13-17-31(37)35(41)21-27/h10-23H,2-9H2,1H3. The van der Waals surface area contributed by atoms with Crippen LogP contribution in [0.25, 0.3) is 22.3 Å². The molecule has 1 nitrogen and oxygen atoms in total. The fraction of sp³-hybridized carbons (Fsp3) is 0.333. The van der Waals surface area contributed by atoms with E-state index in [4.69, 9.17) is 11.6 Å². The summed E-state index contributed by atoms with van der Waals surface area (Å²) in [5, 5.41) is -0.283. The SMILES string of the molecule is CCCCCC1CCC(c2ccc(-c3ccc(-c4ccc(C(F)(F)Oc5ccc(Cl)c(F)c5)c(F)c4)c(F)c3)c(F)c2)CC1. The van der Waals surface area contributed by atoms with E-state index in [0.29, 0.717) is 17.5 Å². The van der Waals surface area contributed by atoms with Gasteiger partial charge in [-0.05, 0) is 90.6 Å². The molecule has 4 aromatic rings. The number of rotatable bonds is 10. The minimum Gasteiger partial charge on any atom is -0.429 e. The molecule has 0 spiro atoms. The smallest absolute Gasteiger partial charge is 0.429 e. The molecule has 0 radical (unpaired) electrons. The highest BCUT2D eigenvalue weighted by atomic mass is 35.5. The van der Waals surface area contributed by atoms with Gasteiger partial charge in [0.05, 0.1) is 10.6 Å². The maximum Gasteiger partial charge on any atom is 0.429 e. The lowest BCUT2D eigenvalue weighted by Crippen LogP contribution is -2.23. The molecule has 0 heterocycles. The van der Waals surface area contributed by atoms with Crippen molar-refractivity contribution in [2.24, 2.45) is 5.92 Å². The molecule has 1 aliphatic rings. The molecule has 1 aliphatic carbocycles. The predicted molar refractivity (Wildman–Crippen MR) is 162 cm³/mol. The molecule has 0 N–H and O–H groups in total. The van der Waals surface area contributed by atoms with Crippen LogP contribution in [0.1, 0.15) is 75.3 Å². The van der Waals surface area contributed by atoms with Crippen LogP contribution in [0.3, 0.4) is 0 Å². The first-order chi connectivity index (χ1) is 21.1. The van der Waals surface area contributed by atoms with Crippen LogP contribution >= 0.6 is 11.6 Å². The van der Waals surface area contributed by atoms with Gasteiger partial charge in [-0.3, -0.25) is 0 Å². The second-order valence-electron chi connectivity index (χ2n) is 11.5. The number of hydrogen-bond acceptors (Lipinski definition) is 1. The van der Waals surface area contributed by atoms with E-state index >= 15 is 8.78 Å².